The number of nitrogens with zero attached hydrogens (tertiary/aromatic N) is 4. The van der Waals surface area contributed by atoms with Crippen LogP contribution < -0.4 is 5.14 Å². The van der Waals surface area contributed by atoms with E-state index in [0.717, 1.165) is 26.1 Å². The van der Waals surface area contributed by atoms with Crippen molar-refractivity contribution in [3.8, 4) is 0 Å². The van der Waals surface area contributed by atoms with E-state index in [4.69, 9.17) is 5.14 Å². The van der Waals surface area contributed by atoms with E-state index in [0.29, 0.717) is 10.7 Å². The number of ether oxygens (including phenoxy) is 1. The molecule has 2 heterocycles. The quantitative estimate of drug-likeness (QED) is 0.700. The monoisotopic (exact) mass is 385 g/mol. The lowest BCUT2D eigenvalue weighted by molar-refractivity contribution is -0.210. The van der Waals surface area contributed by atoms with Crippen molar-refractivity contribution in [1.82, 2.24) is 9.21 Å². The third-order valence-corrected chi connectivity index (χ3v) is 5.01. The van der Waals surface area contributed by atoms with Gasteiger partial charge in [-0.15, -0.1) is 5.11 Å². The third kappa shape index (κ3) is 4.27. The van der Waals surface area contributed by atoms with Gasteiger partial charge in [-0.2, -0.15) is 26.7 Å². The van der Waals surface area contributed by atoms with Crippen LogP contribution in [0.25, 0.3) is 0 Å². The zero-order valence-electron chi connectivity index (χ0n) is 13.5. The Labute approximate surface area is 142 Å². The molecule has 2 N–H and O–H groups in total. The molecule has 1 fully saturated rings. The highest BCUT2D eigenvalue weighted by Gasteiger charge is 2.50. The average Bonchev–Trinajstić information content (AvgIpc) is 3.00. The molecule has 0 bridgehead atoms. The van der Waals surface area contributed by atoms with E-state index in [9.17, 15) is 26.4 Å². The highest BCUT2D eigenvalue weighted by Crippen LogP contribution is 2.35. The van der Waals surface area contributed by atoms with Gasteiger partial charge in [-0.3, -0.25) is 4.31 Å². The minimum Gasteiger partial charge on any atom is -0.423 e. The second kappa shape index (κ2) is 6.53. The zero-order valence-corrected chi connectivity index (χ0v) is 14.3. The number of azo groups is 1. The molecule has 2 atom stereocenters. The van der Waals surface area contributed by atoms with Crippen LogP contribution in [0.5, 0.6) is 0 Å². The summed E-state index contributed by atoms with van der Waals surface area (Å²) in [4.78, 5) is 13.1. The minimum absolute atomic E-state index is 0.120. The lowest BCUT2D eigenvalue weighted by Gasteiger charge is -2.34. The summed E-state index contributed by atoms with van der Waals surface area (Å²) in [5, 5.41) is 12.1. The number of alkyl halides is 3. The Hall–Kier alpha value is -1.73. The molecule has 1 unspecified atom stereocenters. The van der Waals surface area contributed by atoms with E-state index < -0.39 is 28.1 Å². The number of carbonyl (C=O) groups excluding carboxylic acids is 1. The number of hydrogen-bond acceptors (Lipinski definition) is 7. The van der Waals surface area contributed by atoms with Crippen LogP contribution in [0.1, 0.15) is 19.8 Å². The van der Waals surface area contributed by atoms with E-state index in [1.807, 2.05) is 4.90 Å². The number of likely N-dealkylation sites (tertiary alicyclic amines) is 1. The Balaban J connectivity index is 2.29. The van der Waals surface area contributed by atoms with Crippen molar-refractivity contribution in [2.24, 2.45) is 15.4 Å². The van der Waals surface area contributed by atoms with Crippen LogP contribution in [0.2, 0.25) is 0 Å². The molecule has 9 nitrogen and oxygen atoms in total. The summed E-state index contributed by atoms with van der Waals surface area (Å²) in [5.41, 5.74) is -2.59. The number of nitrogens with two attached hydrogens (primary N) is 1. The maximum atomic E-state index is 12.5. The van der Waals surface area contributed by atoms with Gasteiger partial charge in [0.25, 0.3) is 15.9 Å². The standard InChI is InChI=1S/C12H18F3N5O4S/c1-11(24-10(21)12(13,14)15)9(6-17-18-11)20(25(16,22)23)7-8-4-3-5-19(8)2/h6,8H,3-5,7H2,1-2H3,(H2,16,22,23)/t8-,11?/m0/s1. The van der Waals surface area contributed by atoms with Crippen molar-refractivity contribution in [2.45, 2.75) is 37.7 Å². The first-order valence-electron chi connectivity index (χ1n) is 7.28. The zero-order chi connectivity index (χ0) is 19.0. The van der Waals surface area contributed by atoms with Crippen molar-refractivity contribution in [1.29, 1.82) is 0 Å². The summed E-state index contributed by atoms with van der Waals surface area (Å²) in [6, 6.07) is -0.192. The van der Waals surface area contributed by atoms with Gasteiger partial charge in [-0.25, -0.2) is 9.93 Å². The predicted octanol–water partition coefficient (Wildman–Crippen LogP) is 0.715. The molecular formula is C12H18F3N5O4S. The minimum atomic E-state index is -5.26. The molecule has 0 aliphatic carbocycles. The number of halogens is 3. The lowest BCUT2D eigenvalue weighted by atomic mass is 10.1. The molecule has 0 aromatic heterocycles. The molecule has 142 valence electrons. The largest absolute Gasteiger partial charge is 0.491 e. The molecule has 0 radical (unpaired) electrons. The van der Waals surface area contributed by atoms with E-state index in [1.165, 1.54) is 0 Å². The molecule has 0 spiro atoms. The molecule has 0 amide bonds. The van der Waals surface area contributed by atoms with Crippen LogP contribution in [0.3, 0.4) is 0 Å². The number of hydrogen-bond donors (Lipinski definition) is 1. The van der Waals surface area contributed by atoms with Crippen LogP contribution in [0.15, 0.2) is 22.1 Å². The van der Waals surface area contributed by atoms with Gasteiger partial charge in [-0.1, -0.05) is 0 Å². The van der Waals surface area contributed by atoms with Crippen LogP contribution in [-0.4, -0.2) is 61.7 Å². The van der Waals surface area contributed by atoms with Crippen molar-refractivity contribution >= 4 is 16.2 Å². The molecule has 25 heavy (non-hydrogen) atoms. The van der Waals surface area contributed by atoms with Gasteiger partial charge in [0.2, 0.25) is 0 Å². The van der Waals surface area contributed by atoms with Crippen LogP contribution in [0, 0.1) is 0 Å². The van der Waals surface area contributed by atoms with E-state index >= 15 is 0 Å². The summed E-state index contributed by atoms with van der Waals surface area (Å²) in [7, 11) is -2.56. The van der Waals surface area contributed by atoms with E-state index in [-0.39, 0.29) is 18.3 Å². The molecule has 1 saturated heterocycles. The summed E-state index contributed by atoms with van der Waals surface area (Å²) >= 11 is 0. The highest BCUT2D eigenvalue weighted by atomic mass is 32.2. The first kappa shape index (κ1) is 19.6. The van der Waals surface area contributed by atoms with Crippen LogP contribution >= 0.6 is 0 Å². The number of likely N-dealkylation sites (N-methyl/N-ethyl adjacent to an activating group) is 1. The summed E-state index contributed by atoms with van der Waals surface area (Å²) in [6.45, 7) is 1.64. The van der Waals surface area contributed by atoms with Crippen molar-refractivity contribution < 1.29 is 31.1 Å². The maximum Gasteiger partial charge on any atom is 0.491 e. The molecule has 0 saturated carbocycles. The fourth-order valence-corrected chi connectivity index (χ4v) is 3.58. The molecule has 0 aromatic rings. The van der Waals surface area contributed by atoms with Gasteiger partial charge in [-0.05, 0) is 26.4 Å². The first-order valence-corrected chi connectivity index (χ1v) is 8.78. The molecule has 2 aliphatic rings. The SMILES string of the molecule is CN1CCC[C@H]1CN(C1=CN=NC1(C)OC(=O)C(F)(F)F)S(N)(=O)=O. The summed E-state index contributed by atoms with van der Waals surface area (Å²) in [5.74, 6) is -2.51. The van der Waals surface area contributed by atoms with Crippen LogP contribution in [-0.2, 0) is 19.7 Å². The molecule has 2 aliphatic heterocycles. The Kier molecular flexibility index (Phi) is 5.12. The first-order chi connectivity index (χ1) is 11.3. The molecule has 2 rings (SSSR count). The number of rotatable bonds is 5. The van der Waals surface area contributed by atoms with Crippen molar-refractivity contribution in [3.63, 3.8) is 0 Å². The van der Waals surface area contributed by atoms with Crippen molar-refractivity contribution in [2.75, 3.05) is 20.1 Å². The Morgan fingerprint density at radius 3 is 2.68 bits per heavy atom. The molecule has 0 aromatic carbocycles. The Morgan fingerprint density at radius 2 is 2.20 bits per heavy atom. The smallest absolute Gasteiger partial charge is 0.423 e. The van der Waals surface area contributed by atoms with Gasteiger partial charge < -0.3 is 9.64 Å². The second-order valence-electron chi connectivity index (χ2n) is 5.95. The fraction of sp³-hybridized carbons (Fsp3) is 0.750. The summed E-state index contributed by atoms with van der Waals surface area (Å²) < 4.78 is 66.5. The Bertz CT molecular complexity index is 708. The predicted molar refractivity (Wildman–Crippen MR) is 79.0 cm³/mol. The number of carbonyl (C=O) groups is 1. The summed E-state index contributed by atoms with van der Waals surface area (Å²) in [6.07, 6.45) is -2.82. The lowest BCUT2D eigenvalue weighted by Crippen LogP contribution is -2.49. The molecule has 13 heteroatoms. The van der Waals surface area contributed by atoms with Gasteiger partial charge in [0.1, 0.15) is 5.70 Å². The molecular weight excluding hydrogens is 367 g/mol. The maximum absolute atomic E-state index is 12.5. The third-order valence-electron chi connectivity index (χ3n) is 4.05. The Morgan fingerprint density at radius 1 is 1.56 bits per heavy atom. The van der Waals surface area contributed by atoms with Crippen LogP contribution in [0.4, 0.5) is 13.2 Å². The van der Waals surface area contributed by atoms with Gasteiger partial charge in [0, 0.05) is 13.0 Å². The van der Waals surface area contributed by atoms with E-state index in [2.05, 4.69) is 15.0 Å². The number of esters is 1. The van der Waals surface area contributed by atoms with Gasteiger partial charge in [0.15, 0.2) is 0 Å². The second-order valence-corrected chi connectivity index (χ2v) is 7.42. The van der Waals surface area contributed by atoms with Gasteiger partial charge in [0.05, 0.1) is 12.7 Å². The average molecular weight is 385 g/mol. The fourth-order valence-electron chi connectivity index (χ4n) is 2.71. The van der Waals surface area contributed by atoms with Crippen molar-refractivity contribution in [3.05, 3.63) is 11.9 Å². The topological polar surface area (TPSA) is 118 Å². The van der Waals surface area contributed by atoms with Gasteiger partial charge >= 0.3 is 12.1 Å². The normalized spacial score (nSPS) is 27.4. The van der Waals surface area contributed by atoms with E-state index in [1.54, 1.807) is 7.05 Å². The highest BCUT2D eigenvalue weighted by molar-refractivity contribution is 7.86.